The largest absolute Gasteiger partial charge is 0.356 e. The first-order valence-electron chi connectivity index (χ1n) is 7.81. The predicted octanol–water partition coefficient (Wildman–Crippen LogP) is 2.15. The number of hydrogen-bond donors (Lipinski definition) is 1. The molecule has 22 heavy (non-hydrogen) atoms. The lowest BCUT2D eigenvalue weighted by Crippen LogP contribution is -2.30. The van der Waals surface area contributed by atoms with Crippen LogP contribution in [0, 0.1) is 5.92 Å². The van der Waals surface area contributed by atoms with Gasteiger partial charge in [0.15, 0.2) is 0 Å². The van der Waals surface area contributed by atoms with Gasteiger partial charge >= 0.3 is 0 Å². The summed E-state index contributed by atoms with van der Waals surface area (Å²) in [5.74, 6) is 1.12. The van der Waals surface area contributed by atoms with E-state index in [2.05, 4.69) is 27.4 Å². The van der Waals surface area contributed by atoms with Crippen molar-refractivity contribution in [3.8, 4) is 11.4 Å². The number of pyridine rings is 1. The lowest BCUT2D eigenvalue weighted by Gasteiger charge is -2.09. The van der Waals surface area contributed by atoms with Crippen molar-refractivity contribution in [1.82, 2.24) is 20.4 Å². The van der Waals surface area contributed by atoms with Gasteiger partial charge in [0.2, 0.25) is 17.6 Å². The molecule has 1 aliphatic rings. The average Bonchev–Trinajstić information content (AvgIpc) is 2.92. The Hall–Kier alpha value is -2.24. The van der Waals surface area contributed by atoms with Crippen LogP contribution in [0.3, 0.4) is 0 Å². The molecule has 0 unspecified atom stereocenters. The van der Waals surface area contributed by atoms with Crippen LogP contribution in [0.2, 0.25) is 0 Å². The summed E-state index contributed by atoms with van der Waals surface area (Å²) in [6, 6.07) is 1.89. The van der Waals surface area contributed by atoms with Gasteiger partial charge in [-0.3, -0.25) is 9.78 Å². The van der Waals surface area contributed by atoms with E-state index in [-0.39, 0.29) is 11.8 Å². The minimum Gasteiger partial charge on any atom is -0.356 e. The smallest absolute Gasteiger partial charge is 0.227 e. The average molecular weight is 300 g/mol. The molecule has 6 nitrogen and oxygen atoms in total. The maximum Gasteiger partial charge on any atom is 0.227 e. The summed E-state index contributed by atoms with van der Waals surface area (Å²) in [7, 11) is 0. The van der Waals surface area contributed by atoms with Crippen LogP contribution in [-0.4, -0.2) is 27.6 Å². The molecule has 1 saturated heterocycles. The second-order valence-corrected chi connectivity index (χ2v) is 5.59. The van der Waals surface area contributed by atoms with Gasteiger partial charge in [-0.05, 0) is 30.9 Å². The maximum atomic E-state index is 12.0. The van der Waals surface area contributed by atoms with Crippen LogP contribution in [0.5, 0.6) is 0 Å². The zero-order chi connectivity index (χ0) is 15.4. The van der Waals surface area contributed by atoms with Gasteiger partial charge in [0.25, 0.3) is 0 Å². The quantitative estimate of drug-likeness (QED) is 0.935. The van der Waals surface area contributed by atoms with E-state index < -0.39 is 0 Å². The monoisotopic (exact) mass is 300 g/mol. The number of rotatable bonds is 4. The summed E-state index contributed by atoms with van der Waals surface area (Å²) in [6.45, 7) is 2.83. The summed E-state index contributed by atoms with van der Waals surface area (Å²) >= 11 is 0. The molecule has 0 aliphatic carbocycles. The van der Waals surface area contributed by atoms with Crippen LogP contribution in [0.4, 0.5) is 0 Å². The standard InChI is InChI=1S/C16H20N4O2/c1-2-11-10-17-8-6-13(11)15-19-14(22-20-15)9-12-5-3-4-7-18-16(12)21/h6,8,10,12H,2-5,7,9H2,1H3,(H,18,21)/t12-/m1/s1. The van der Waals surface area contributed by atoms with E-state index in [1.807, 2.05) is 12.3 Å². The number of aromatic nitrogens is 3. The summed E-state index contributed by atoms with van der Waals surface area (Å²) in [5, 5.41) is 7.00. The van der Waals surface area contributed by atoms with Gasteiger partial charge in [0, 0.05) is 36.8 Å². The lowest BCUT2D eigenvalue weighted by atomic mass is 9.99. The summed E-state index contributed by atoms with van der Waals surface area (Å²) in [6.07, 6.45) is 7.87. The van der Waals surface area contributed by atoms with Gasteiger partial charge < -0.3 is 9.84 Å². The summed E-state index contributed by atoms with van der Waals surface area (Å²) in [5.41, 5.74) is 2.03. The molecule has 2 aromatic heterocycles. The highest BCUT2D eigenvalue weighted by molar-refractivity contribution is 5.79. The van der Waals surface area contributed by atoms with Crippen LogP contribution in [0.1, 0.15) is 37.6 Å². The van der Waals surface area contributed by atoms with Crippen LogP contribution < -0.4 is 5.32 Å². The van der Waals surface area contributed by atoms with Gasteiger partial charge in [0.05, 0.1) is 0 Å². The first-order valence-corrected chi connectivity index (χ1v) is 7.81. The molecule has 1 atom stereocenters. The van der Waals surface area contributed by atoms with E-state index in [9.17, 15) is 4.79 Å². The highest BCUT2D eigenvalue weighted by Crippen LogP contribution is 2.22. The lowest BCUT2D eigenvalue weighted by molar-refractivity contribution is -0.124. The Bertz CT molecular complexity index is 653. The second-order valence-electron chi connectivity index (χ2n) is 5.59. The molecule has 0 bridgehead atoms. The molecular formula is C16H20N4O2. The Balaban J connectivity index is 1.77. The fourth-order valence-electron chi connectivity index (χ4n) is 2.78. The van der Waals surface area contributed by atoms with Crippen LogP contribution in [0.25, 0.3) is 11.4 Å². The first kappa shape index (κ1) is 14.7. The maximum absolute atomic E-state index is 12.0. The number of carbonyl (C=O) groups excluding carboxylic acids is 1. The van der Waals surface area contributed by atoms with Crippen LogP contribution >= 0.6 is 0 Å². The normalized spacial score (nSPS) is 18.8. The van der Waals surface area contributed by atoms with E-state index in [1.54, 1.807) is 6.20 Å². The Morgan fingerprint density at radius 3 is 3.18 bits per heavy atom. The molecule has 116 valence electrons. The van der Waals surface area contributed by atoms with E-state index in [0.29, 0.717) is 18.1 Å². The van der Waals surface area contributed by atoms with Crippen LogP contribution in [0.15, 0.2) is 23.0 Å². The first-order chi connectivity index (χ1) is 10.8. The topological polar surface area (TPSA) is 80.9 Å². The summed E-state index contributed by atoms with van der Waals surface area (Å²) < 4.78 is 5.35. The minimum atomic E-state index is -0.0705. The number of nitrogens with one attached hydrogen (secondary N) is 1. The Kier molecular flexibility index (Phi) is 4.46. The minimum absolute atomic E-state index is 0.0705. The molecule has 0 spiro atoms. The highest BCUT2D eigenvalue weighted by atomic mass is 16.5. The third kappa shape index (κ3) is 3.16. The highest BCUT2D eigenvalue weighted by Gasteiger charge is 2.24. The summed E-state index contributed by atoms with van der Waals surface area (Å²) in [4.78, 5) is 20.6. The number of nitrogens with zero attached hydrogens (tertiary/aromatic N) is 3. The molecule has 2 aromatic rings. The van der Waals surface area contributed by atoms with E-state index >= 15 is 0 Å². The fraction of sp³-hybridized carbons (Fsp3) is 0.500. The number of aryl methyl sites for hydroxylation is 1. The van der Waals surface area contributed by atoms with Crippen molar-refractivity contribution in [1.29, 1.82) is 0 Å². The molecule has 0 radical (unpaired) electrons. The Morgan fingerprint density at radius 2 is 2.32 bits per heavy atom. The van der Waals surface area contributed by atoms with Gasteiger partial charge in [-0.2, -0.15) is 4.98 Å². The van der Waals surface area contributed by atoms with Gasteiger partial charge in [-0.1, -0.05) is 18.5 Å². The third-order valence-corrected chi connectivity index (χ3v) is 4.06. The predicted molar refractivity (Wildman–Crippen MR) is 81.0 cm³/mol. The Labute approximate surface area is 129 Å². The number of carbonyl (C=O) groups is 1. The molecule has 1 aliphatic heterocycles. The third-order valence-electron chi connectivity index (χ3n) is 4.06. The number of amides is 1. The van der Waals surface area contributed by atoms with Crippen molar-refractivity contribution < 1.29 is 9.32 Å². The molecule has 3 heterocycles. The van der Waals surface area contributed by atoms with Gasteiger partial charge in [0.1, 0.15) is 0 Å². The van der Waals surface area contributed by atoms with Gasteiger partial charge in [-0.15, -0.1) is 0 Å². The van der Waals surface area contributed by atoms with E-state index in [0.717, 1.165) is 43.4 Å². The fourth-order valence-corrected chi connectivity index (χ4v) is 2.78. The molecule has 0 aromatic carbocycles. The SMILES string of the molecule is CCc1cnccc1-c1noc(C[C@H]2CCCCNC2=O)n1. The van der Waals surface area contributed by atoms with Crippen molar-refractivity contribution >= 4 is 5.91 Å². The van der Waals surface area contributed by atoms with E-state index in [4.69, 9.17) is 4.52 Å². The number of hydrogen-bond acceptors (Lipinski definition) is 5. The van der Waals surface area contributed by atoms with E-state index in [1.165, 1.54) is 0 Å². The molecule has 1 amide bonds. The Morgan fingerprint density at radius 1 is 1.41 bits per heavy atom. The second kappa shape index (κ2) is 6.68. The van der Waals surface area contributed by atoms with Crippen LogP contribution in [-0.2, 0) is 17.6 Å². The van der Waals surface area contributed by atoms with Crippen molar-refractivity contribution in [3.63, 3.8) is 0 Å². The van der Waals surface area contributed by atoms with Crippen molar-refractivity contribution in [3.05, 3.63) is 29.9 Å². The zero-order valence-electron chi connectivity index (χ0n) is 12.7. The molecule has 1 fully saturated rings. The molecule has 0 saturated carbocycles. The van der Waals surface area contributed by atoms with Gasteiger partial charge in [-0.25, -0.2) is 0 Å². The molecule has 3 rings (SSSR count). The van der Waals surface area contributed by atoms with Crippen molar-refractivity contribution in [2.24, 2.45) is 5.92 Å². The van der Waals surface area contributed by atoms with Crippen molar-refractivity contribution in [2.75, 3.05) is 6.54 Å². The molecule has 1 N–H and O–H groups in total. The molecule has 6 heteroatoms. The van der Waals surface area contributed by atoms with Crippen molar-refractivity contribution in [2.45, 2.75) is 39.0 Å². The molecular weight excluding hydrogens is 280 g/mol. The zero-order valence-corrected chi connectivity index (χ0v) is 12.7.